The van der Waals surface area contributed by atoms with E-state index in [9.17, 15) is 0 Å². The number of rotatable bonds is 16. The lowest BCUT2D eigenvalue weighted by Gasteiger charge is -2.10. The zero-order valence-corrected chi connectivity index (χ0v) is 17.6. The maximum atomic E-state index is 2.63. The highest BCUT2D eigenvalue weighted by atomic mass is 32.2. The van der Waals surface area contributed by atoms with Crippen LogP contribution in [-0.4, -0.2) is 46.6 Å². The third-order valence-electron chi connectivity index (χ3n) is 5.11. The Balaban J connectivity index is 1.97. The predicted molar refractivity (Wildman–Crippen MR) is 111 cm³/mol. The minimum absolute atomic E-state index is 1.18. The van der Waals surface area contributed by atoms with E-state index in [4.69, 9.17) is 0 Å². The van der Waals surface area contributed by atoms with Gasteiger partial charge in [0.2, 0.25) is 5.84 Å². The first-order valence-electron chi connectivity index (χ1n) is 10.8. The van der Waals surface area contributed by atoms with Gasteiger partial charge < -0.3 is 0 Å². The van der Waals surface area contributed by atoms with Gasteiger partial charge in [-0.25, -0.2) is 0 Å². The minimum atomic E-state index is 1.18. The second-order valence-electron chi connectivity index (χ2n) is 7.23. The van der Waals surface area contributed by atoms with Crippen LogP contribution < -0.4 is 0 Å². The molecule has 1 aliphatic heterocycles. The zero-order chi connectivity index (χ0) is 17.5. The van der Waals surface area contributed by atoms with Gasteiger partial charge in [-0.05, 0) is 25.5 Å². The number of hydrogen-bond donors (Lipinski definition) is 0. The van der Waals surface area contributed by atoms with Gasteiger partial charge >= 0.3 is 0 Å². The standard InChI is InChI=1S/C21H43N2S/c1-4-7-8-9-10-11-12-13-14-15-19-24-20-23-18-17-22(6-3)21(23)16-5-2/h4-20H2,1-3H3/q+1. The highest BCUT2D eigenvalue weighted by molar-refractivity contribution is 7.99. The van der Waals surface area contributed by atoms with Crippen molar-refractivity contribution >= 4 is 17.6 Å². The Hall–Kier alpha value is -0.180. The highest BCUT2D eigenvalue weighted by Gasteiger charge is 2.27. The lowest BCUT2D eigenvalue weighted by atomic mass is 10.1. The number of nitrogens with zero attached hydrogens (tertiary/aromatic N) is 2. The summed E-state index contributed by atoms with van der Waals surface area (Å²) < 4.78 is 2.63. The smallest absolute Gasteiger partial charge is 0.247 e. The molecule has 0 aromatic heterocycles. The molecule has 0 unspecified atom stereocenters. The van der Waals surface area contributed by atoms with E-state index in [1.807, 2.05) is 0 Å². The van der Waals surface area contributed by atoms with E-state index in [0.29, 0.717) is 0 Å². The minimum Gasteiger partial charge on any atom is -0.262 e. The van der Waals surface area contributed by atoms with Crippen molar-refractivity contribution in [1.82, 2.24) is 4.90 Å². The Morgan fingerprint density at radius 3 is 2.04 bits per heavy atom. The van der Waals surface area contributed by atoms with Crippen LogP contribution in [-0.2, 0) is 0 Å². The SMILES string of the molecule is CCCCCCCCCCCCSC[N+]1=C(CCC)N(CC)CC1. The second-order valence-corrected chi connectivity index (χ2v) is 8.30. The molecule has 0 amide bonds. The van der Waals surface area contributed by atoms with Gasteiger partial charge in [-0.3, -0.25) is 9.48 Å². The van der Waals surface area contributed by atoms with Crippen LogP contribution in [0.5, 0.6) is 0 Å². The fourth-order valence-electron chi connectivity index (χ4n) is 3.59. The molecule has 0 fully saturated rings. The quantitative estimate of drug-likeness (QED) is 0.242. The number of thioether (sulfide) groups is 1. The maximum absolute atomic E-state index is 2.63. The topological polar surface area (TPSA) is 6.25 Å². The van der Waals surface area contributed by atoms with E-state index in [0.717, 1.165) is 0 Å². The molecule has 142 valence electrons. The van der Waals surface area contributed by atoms with Crippen LogP contribution in [0.3, 0.4) is 0 Å². The summed E-state index contributed by atoms with van der Waals surface area (Å²) in [6.45, 7) is 10.5. The summed E-state index contributed by atoms with van der Waals surface area (Å²) in [5, 5.41) is 0. The number of hydrogen-bond acceptors (Lipinski definition) is 2. The van der Waals surface area contributed by atoms with E-state index >= 15 is 0 Å². The van der Waals surface area contributed by atoms with Crippen molar-refractivity contribution in [2.75, 3.05) is 31.3 Å². The number of amidine groups is 1. The molecule has 0 atom stereocenters. The van der Waals surface area contributed by atoms with Crippen LogP contribution >= 0.6 is 11.8 Å². The van der Waals surface area contributed by atoms with E-state index in [-0.39, 0.29) is 0 Å². The molecule has 24 heavy (non-hydrogen) atoms. The van der Waals surface area contributed by atoms with Crippen molar-refractivity contribution < 1.29 is 4.58 Å². The van der Waals surface area contributed by atoms with Crippen molar-refractivity contribution in [2.45, 2.75) is 97.8 Å². The van der Waals surface area contributed by atoms with E-state index < -0.39 is 0 Å². The molecule has 0 aliphatic carbocycles. The van der Waals surface area contributed by atoms with Crippen molar-refractivity contribution in [3.8, 4) is 0 Å². The summed E-state index contributed by atoms with van der Waals surface area (Å²) in [6.07, 6.45) is 16.9. The molecule has 0 bridgehead atoms. The fraction of sp³-hybridized carbons (Fsp3) is 0.952. The molecule has 0 N–H and O–H groups in total. The molecular formula is C21H43N2S+. The lowest BCUT2D eigenvalue weighted by Crippen LogP contribution is -2.29. The van der Waals surface area contributed by atoms with Gasteiger partial charge in [0.1, 0.15) is 19.0 Å². The van der Waals surface area contributed by atoms with Gasteiger partial charge in [0.15, 0.2) is 0 Å². The molecule has 0 aromatic carbocycles. The molecule has 0 spiro atoms. The van der Waals surface area contributed by atoms with E-state index in [2.05, 4.69) is 42.0 Å². The molecule has 0 radical (unpaired) electrons. The first kappa shape index (κ1) is 21.9. The number of unbranched alkanes of at least 4 members (excludes halogenated alkanes) is 9. The highest BCUT2D eigenvalue weighted by Crippen LogP contribution is 2.14. The van der Waals surface area contributed by atoms with Gasteiger partial charge in [0.05, 0.1) is 6.54 Å². The molecule has 2 nitrogen and oxygen atoms in total. The van der Waals surface area contributed by atoms with Gasteiger partial charge in [-0.1, -0.05) is 71.6 Å². The van der Waals surface area contributed by atoms with Gasteiger partial charge in [0.25, 0.3) is 0 Å². The van der Waals surface area contributed by atoms with Crippen LogP contribution in [0.25, 0.3) is 0 Å². The predicted octanol–water partition coefficient (Wildman–Crippen LogP) is 6.14. The first-order chi connectivity index (χ1) is 11.8. The molecule has 3 heteroatoms. The van der Waals surface area contributed by atoms with E-state index in [1.54, 1.807) is 5.84 Å². The Morgan fingerprint density at radius 1 is 0.833 bits per heavy atom. The van der Waals surface area contributed by atoms with Crippen molar-refractivity contribution in [3.63, 3.8) is 0 Å². The van der Waals surface area contributed by atoms with Crippen LogP contribution in [0.15, 0.2) is 0 Å². The Labute approximate surface area is 156 Å². The normalized spacial score (nSPS) is 14.9. The lowest BCUT2D eigenvalue weighted by molar-refractivity contribution is -0.498. The molecule has 0 saturated carbocycles. The summed E-state index contributed by atoms with van der Waals surface area (Å²) in [4.78, 5) is 2.57. The van der Waals surface area contributed by atoms with Crippen molar-refractivity contribution in [3.05, 3.63) is 0 Å². The third-order valence-corrected chi connectivity index (χ3v) is 6.19. The van der Waals surface area contributed by atoms with Crippen LogP contribution in [0, 0.1) is 0 Å². The summed E-state index contributed by atoms with van der Waals surface area (Å²) in [5.74, 6) is 4.16. The van der Waals surface area contributed by atoms with Gasteiger partial charge in [-0.2, -0.15) is 0 Å². The Bertz CT molecular complexity index is 328. The number of likely N-dealkylation sites (N-methyl/N-ethyl adjacent to an activating group) is 1. The molecule has 1 heterocycles. The zero-order valence-electron chi connectivity index (χ0n) is 16.8. The first-order valence-corrected chi connectivity index (χ1v) is 11.9. The second kappa shape index (κ2) is 15.1. The van der Waals surface area contributed by atoms with Gasteiger partial charge in [-0.15, -0.1) is 11.8 Å². The average Bonchev–Trinajstić information content (AvgIpc) is 2.98. The summed E-state index contributed by atoms with van der Waals surface area (Å²) in [7, 11) is 0. The largest absolute Gasteiger partial charge is 0.262 e. The molecule has 0 aromatic rings. The molecular weight excluding hydrogens is 312 g/mol. The summed E-state index contributed by atoms with van der Waals surface area (Å²) >= 11 is 2.15. The van der Waals surface area contributed by atoms with Gasteiger partial charge in [0, 0.05) is 6.42 Å². The maximum Gasteiger partial charge on any atom is 0.247 e. The molecule has 1 rings (SSSR count). The van der Waals surface area contributed by atoms with Crippen LogP contribution in [0.4, 0.5) is 0 Å². The van der Waals surface area contributed by atoms with Crippen LogP contribution in [0.1, 0.15) is 97.8 Å². The molecule has 1 aliphatic rings. The monoisotopic (exact) mass is 355 g/mol. The third kappa shape index (κ3) is 9.34. The fourth-order valence-corrected chi connectivity index (χ4v) is 4.62. The van der Waals surface area contributed by atoms with E-state index in [1.165, 1.54) is 108 Å². The van der Waals surface area contributed by atoms with Crippen LogP contribution in [0.2, 0.25) is 0 Å². The Morgan fingerprint density at radius 2 is 1.46 bits per heavy atom. The summed E-state index contributed by atoms with van der Waals surface area (Å²) in [5.41, 5.74) is 0. The summed E-state index contributed by atoms with van der Waals surface area (Å²) in [6, 6.07) is 0. The molecule has 0 saturated heterocycles. The Kier molecular flexibility index (Phi) is 13.8. The van der Waals surface area contributed by atoms with Crippen molar-refractivity contribution in [2.24, 2.45) is 0 Å². The van der Waals surface area contributed by atoms with Crippen molar-refractivity contribution in [1.29, 1.82) is 0 Å². The average molecular weight is 356 g/mol.